The number of alkyl halides is 1. The van der Waals surface area contributed by atoms with Crippen molar-refractivity contribution in [2.24, 2.45) is 5.92 Å². The Hall–Kier alpha value is -0.0100. The van der Waals surface area contributed by atoms with Crippen molar-refractivity contribution in [3.05, 3.63) is 22.4 Å². The summed E-state index contributed by atoms with van der Waals surface area (Å²) in [5.74, 6) is 2.04. The summed E-state index contributed by atoms with van der Waals surface area (Å²) in [6.07, 6.45) is 1.20. The van der Waals surface area contributed by atoms with Gasteiger partial charge in [-0.25, -0.2) is 0 Å². The van der Waals surface area contributed by atoms with Crippen LogP contribution in [0.15, 0.2) is 17.5 Å². The zero-order valence-electron chi connectivity index (χ0n) is 7.59. The largest absolute Gasteiger partial charge is 0.149 e. The SMILES string of the molecule is CC(C)CC(CCl)c1cccs1. The van der Waals surface area contributed by atoms with E-state index in [1.807, 2.05) is 11.3 Å². The Kier molecular flexibility index (Phi) is 4.10. The normalized spacial score (nSPS) is 13.7. The van der Waals surface area contributed by atoms with Gasteiger partial charge in [0.1, 0.15) is 0 Å². The van der Waals surface area contributed by atoms with Crippen molar-refractivity contribution in [3.8, 4) is 0 Å². The maximum atomic E-state index is 5.91. The highest BCUT2D eigenvalue weighted by molar-refractivity contribution is 7.10. The van der Waals surface area contributed by atoms with Gasteiger partial charge in [0.2, 0.25) is 0 Å². The van der Waals surface area contributed by atoms with Gasteiger partial charge in [0.25, 0.3) is 0 Å². The van der Waals surface area contributed by atoms with Gasteiger partial charge >= 0.3 is 0 Å². The van der Waals surface area contributed by atoms with Crippen LogP contribution < -0.4 is 0 Å². The summed E-state index contributed by atoms with van der Waals surface area (Å²) >= 11 is 7.72. The molecule has 1 heterocycles. The molecule has 1 aromatic heterocycles. The third-order valence-corrected chi connectivity index (χ3v) is 3.30. The Morgan fingerprint density at radius 3 is 2.67 bits per heavy atom. The van der Waals surface area contributed by atoms with E-state index in [2.05, 4.69) is 31.4 Å². The lowest BCUT2D eigenvalue weighted by molar-refractivity contribution is 0.531. The number of hydrogen-bond acceptors (Lipinski definition) is 1. The summed E-state index contributed by atoms with van der Waals surface area (Å²) in [4.78, 5) is 1.43. The Morgan fingerprint density at radius 2 is 2.25 bits per heavy atom. The monoisotopic (exact) mass is 202 g/mol. The third-order valence-electron chi connectivity index (χ3n) is 1.89. The first-order valence-corrected chi connectivity index (χ1v) is 5.74. The first-order valence-electron chi connectivity index (χ1n) is 4.33. The van der Waals surface area contributed by atoms with Gasteiger partial charge in [-0.15, -0.1) is 22.9 Å². The highest BCUT2D eigenvalue weighted by Gasteiger charge is 2.12. The highest BCUT2D eigenvalue weighted by atomic mass is 35.5. The van der Waals surface area contributed by atoms with Gasteiger partial charge < -0.3 is 0 Å². The molecule has 0 fully saturated rings. The Morgan fingerprint density at radius 1 is 1.50 bits per heavy atom. The Bertz CT molecular complexity index is 204. The van der Waals surface area contributed by atoms with Crippen molar-refractivity contribution in [1.82, 2.24) is 0 Å². The van der Waals surface area contributed by atoms with Gasteiger partial charge in [-0.2, -0.15) is 0 Å². The lowest BCUT2D eigenvalue weighted by Crippen LogP contribution is -2.02. The fourth-order valence-corrected chi connectivity index (χ4v) is 2.57. The molecule has 0 aliphatic rings. The molecule has 1 rings (SSSR count). The molecule has 0 bridgehead atoms. The minimum atomic E-state index is 0.562. The number of thiophene rings is 1. The maximum absolute atomic E-state index is 5.91. The standard InChI is InChI=1S/C10H15ClS/c1-8(2)6-9(7-11)10-4-3-5-12-10/h3-5,8-9H,6-7H2,1-2H3. The second-order valence-electron chi connectivity index (χ2n) is 3.50. The number of rotatable bonds is 4. The Balaban J connectivity index is 2.57. The zero-order valence-corrected chi connectivity index (χ0v) is 9.16. The molecule has 0 aliphatic heterocycles. The fourth-order valence-electron chi connectivity index (χ4n) is 1.35. The first kappa shape index (κ1) is 10.1. The summed E-state index contributed by atoms with van der Waals surface area (Å²) in [6, 6.07) is 4.28. The molecular formula is C10H15ClS. The highest BCUT2D eigenvalue weighted by Crippen LogP contribution is 2.28. The smallest absolute Gasteiger partial charge is 0.0300 e. The molecule has 0 saturated heterocycles. The third kappa shape index (κ3) is 2.80. The van der Waals surface area contributed by atoms with E-state index in [1.54, 1.807) is 0 Å². The van der Waals surface area contributed by atoms with Crippen LogP contribution in [0.3, 0.4) is 0 Å². The second-order valence-corrected chi connectivity index (χ2v) is 4.78. The molecule has 2 heteroatoms. The van der Waals surface area contributed by atoms with E-state index in [1.165, 1.54) is 11.3 Å². The molecule has 0 spiro atoms. The Labute approximate surface area is 83.6 Å². The quantitative estimate of drug-likeness (QED) is 0.645. The van der Waals surface area contributed by atoms with Crippen molar-refractivity contribution >= 4 is 22.9 Å². The summed E-state index contributed by atoms with van der Waals surface area (Å²) in [5, 5.41) is 2.12. The van der Waals surface area contributed by atoms with E-state index in [9.17, 15) is 0 Å². The first-order chi connectivity index (χ1) is 5.74. The lowest BCUT2D eigenvalue weighted by atomic mass is 9.97. The van der Waals surface area contributed by atoms with Crippen LogP contribution in [0.25, 0.3) is 0 Å². The molecule has 0 aliphatic carbocycles. The molecular weight excluding hydrogens is 188 g/mol. The summed E-state index contributed by atoms with van der Waals surface area (Å²) < 4.78 is 0. The number of hydrogen-bond donors (Lipinski definition) is 0. The zero-order chi connectivity index (χ0) is 8.97. The van der Waals surface area contributed by atoms with Crippen LogP contribution in [0.2, 0.25) is 0 Å². The molecule has 0 saturated carbocycles. The lowest BCUT2D eigenvalue weighted by Gasteiger charge is -2.13. The van der Waals surface area contributed by atoms with Crippen LogP contribution in [-0.2, 0) is 0 Å². The second kappa shape index (κ2) is 4.88. The number of halogens is 1. The van der Waals surface area contributed by atoms with Gasteiger partial charge in [0.05, 0.1) is 0 Å². The predicted octanol–water partition coefficient (Wildman–Crippen LogP) is 4.12. The summed E-state index contributed by atoms with van der Waals surface area (Å²) in [5.41, 5.74) is 0. The van der Waals surface area contributed by atoms with Crippen LogP contribution >= 0.6 is 22.9 Å². The van der Waals surface area contributed by atoms with Crippen LogP contribution in [0.5, 0.6) is 0 Å². The van der Waals surface area contributed by atoms with Gasteiger partial charge in [0.15, 0.2) is 0 Å². The average molecular weight is 203 g/mol. The predicted molar refractivity (Wildman–Crippen MR) is 57.2 cm³/mol. The maximum Gasteiger partial charge on any atom is 0.0300 e. The van der Waals surface area contributed by atoms with Crippen LogP contribution in [-0.4, -0.2) is 5.88 Å². The average Bonchev–Trinajstić information content (AvgIpc) is 2.51. The summed E-state index contributed by atoms with van der Waals surface area (Å²) in [6.45, 7) is 4.49. The molecule has 68 valence electrons. The topological polar surface area (TPSA) is 0 Å². The van der Waals surface area contributed by atoms with E-state index < -0.39 is 0 Å². The van der Waals surface area contributed by atoms with Crippen LogP contribution in [0.1, 0.15) is 31.1 Å². The molecule has 0 aromatic carbocycles. The van der Waals surface area contributed by atoms with Crippen molar-refractivity contribution in [2.75, 3.05) is 5.88 Å². The van der Waals surface area contributed by atoms with Crippen molar-refractivity contribution < 1.29 is 0 Å². The van der Waals surface area contributed by atoms with Crippen molar-refractivity contribution in [2.45, 2.75) is 26.2 Å². The van der Waals surface area contributed by atoms with E-state index in [0.29, 0.717) is 5.92 Å². The molecule has 0 nitrogen and oxygen atoms in total. The van der Waals surface area contributed by atoms with Gasteiger partial charge in [-0.3, -0.25) is 0 Å². The fraction of sp³-hybridized carbons (Fsp3) is 0.600. The molecule has 12 heavy (non-hydrogen) atoms. The van der Waals surface area contributed by atoms with Crippen LogP contribution in [0, 0.1) is 5.92 Å². The van der Waals surface area contributed by atoms with Crippen molar-refractivity contribution in [1.29, 1.82) is 0 Å². The van der Waals surface area contributed by atoms with Gasteiger partial charge in [-0.1, -0.05) is 19.9 Å². The minimum Gasteiger partial charge on any atom is -0.149 e. The molecule has 0 radical (unpaired) electrons. The van der Waals surface area contributed by atoms with Crippen LogP contribution in [0.4, 0.5) is 0 Å². The van der Waals surface area contributed by atoms with Crippen molar-refractivity contribution in [3.63, 3.8) is 0 Å². The van der Waals surface area contributed by atoms with E-state index in [4.69, 9.17) is 11.6 Å². The van der Waals surface area contributed by atoms with E-state index in [0.717, 1.165) is 11.8 Å². The van der Waals surface area contributed by atoms with Gasteiger partial charge in [0, 0.05) is 16.7 Å². The van der Waals surface area contributed by atoms with E-state index >= 15 is 0 Å². The molecule has 0 amide bonds. The molecule has 1 atom stereocenters. The van der Waals surface area contributed by atoms with Gasteiger partial charge in [-0.05, 0) is 23.8 Å². The molecule has 1 aromatic rings. The summed E-state index contributed by atoms with van der Waals surface area (Å²) in [7, 11) is 0. The molecule has 1 unspecified atom stereocenters. The van der Waals surface area contributed by atoms with E-state index in [-0.39, 0.29) is 0 Å². The molecule has 0 N–H and O–H groups in total. The minimum absolute atomic E-state index is 0.562.